The summed E-state index contributed by atoms with van der Waals surface area (Å²) in [4.78, 5) is 27.5. The molecule has 2 saturated carbocycles. The molecule has 3 aromatic rings. The second-order valence-electron chi connectivity index (χ2n) is 7.05. The third-order valence-corrected chi connectivity index (χ3v) is 5.24. The molecule has 1 N–H and O–H groups in total. The van der Waals surface area contributed by atoms with Crippen LogP contribution in [0.1, 0.15) is 48.9 Å². The summed E-state index contributed by atoms with van der Waals surface area (Å²) in [5.74, 6) is 1.16. The highest BCUT2D eigenvalue weighted by Crippen LogP contribution is 2.38. The van der Waals surface area contributed by atoms with Crippen molar-refractivity contribution in [3.8, 4) is 0 Å². The molecule has 0 saturated heterocycles. The molecule has 0 atom stereocenters. The van der Waals surface area contributed by atoms with Crippen LogP contribution in [0.4, 0.5) is 0 Å². The van der Waals surface area contributed by atoms with Crippen molar-refractivity contribution in [2.45, 2.75) is 51.1 Å². The first kappa shape index (κ1) is 14.0. The number of hydrogen-bond acceptors (Lipinski definition) is 3. The fourth-order valence-electron chi connectivity index (χ4n) is 3.73. The van der Waals surface area contributed by atoms with Gasteiger partial charge in [0.25, 0.3) is 5.91 Å². The minimum Gasteiger partial charge on any atom is -0.335 e. The fourth-order valence-corrected chi connectivity index (χ4v) is 3.73. The molecule has 0 aliphatic heterocycles. The first-order valence-electron chi connectivity index (χ1n) is 8.83. The Morgan fingerprint density at radius 2 is 2.04 bits per heavy atom. The topological polar surface area (TPSA) is 66.8 Å². The summed E-state index contributed by atoms with van der Waals surface area (Å²) in [6, 6.07) is 2.87. The van der Waals surface area contributed by atoms with E-state index < -0.39 is 0 Å². The van der Waals surface area contributed by atoms with Gasteiger partial charge in [-0.3, -0.25) is 4.79 Å². The van der Waals surface area contributed by atoms with Crippen LogP contribution in [0.3, 0.4) is 0 Å². The van der Waals surface area contributed by atoms with Gasteiger partial charge in [0.15, 0.2) is 0 Å². The number of amides is 1. The van der Waals surface area contributed by atoms with Crippen molar-refractivity contribution in [3.63, 3.8) is 0 Å². The summed E-state index contributed by atoms with van der Waals surface area (Å²) in [7, 11) is 2.03. The van der Waals surface area contributed by atoms with Crippen LogP contribution in [-0.4, -0.2) is 42.4 Å². The molecule has 1 amide bonds. The van der Waals surface area contributed by atoms with Crippen LogP contribution in [0.2, 0.25) is 0 Å². The fraction of sp³-hybridized carbons (Fsp3) is 0.500. The largest absolute Gasteiger partial charge is 0.335 e. The molecule has 0 radical (unpaired) electrons. The molecule has 5 rings (SSSR count). The number of carbonyl (C=O) groups is 1. The highest BCUT2D eigenvalue weighted by atomic mass is 16.2. The van der Waals surface area contributed by atoms with Crippen LogP contribution >= 0.6 is 0 Å². The average molecular weight is 323 g/mol. The van der Waals surface area contributed by atoms with Gasteiger partial charge in [-0.1, -0.05) is 6.92 Å². The van der Waals surface area contributed by atoms with Crippen molar-refractivity contribution < 1.29 is 4.79 Å². The molecule has 0 bridgehead atoms. The second-order valence-corrected chi connectivity index (χ2v) is 7.05. The van der Waals surface area contributed by atoms with E-state index in [9.17, 15) is 4.79 Å². The monoisotopic (exact) mass is 323 g/mol. The number of aromatic amines is 1. The van der Waals surface area contributed by atoms with Crippen LogP contribution in [0.25, 0.3) is 22.1 Å². The molecular formula is C18H21N5O. The lowest BCUT2D eigenvalue weighted by molar-refractivity contribution is 0.0725. The average Bonchev–Trinajstić information content (AvgIpc) is 3.50. The van der Waals surface area contributed by atoms with Crippen molar-refractivity contribution in [3.05, 3.63) is 23.8 Å². The first-order valence-corrected chi connectivity index (χ1v) is 8.83. The lowest BCUT2D eigenvalue weighted by Crippen LogP contribution is -2.35. The van der Waals surface area contributed by atoms with Gasteiger partial charge in [-0.2, -0.15) is 0 Å². The molecule has 24 heavy (non-hydrogen) atoms. The van der Waals surface area contributed by atoms with Crippen LogP contribution in [0.15, 0.2) is 12.3 Å². The van der Waals surface area contributed by atoms with Crippen molar-refractivity contribution in [1.82, 2.24) is 24.4 Å². The van der Waals surface area contributed by atoms with Crippen molar-refractivity contribution >= 4 is 28.0 Å². The summed E-state index contributed by atoms with van der Waals surface area (Å²) in [6.45, 7) is 2.10. The number of nitrogens with zero attached hydrogens (tertiary/aromatic N) is 4. The van der Waals surface area contributed by atoms with Gasteiger partial charge < -0.3 is 14.5 Å². The summed E-state index contributed by atoms with van der Waals surface area (Å²) in [5, 5.41) is 0.983. The highest BCUT2D eigenvalue weighted by molar-refractivity contribution is 6.06. The maximum absolute atomic E-state index is 13.0. The number of aromatic nitrogens is 4. The van der Waals surface area contributed by atoms with Gasteiger partial charge in [-0.05, 0) is 31.7 Å². The molecule has 6 nitrogen and oxygen atoms in total. The minimum atomic E-state index is 0.129. The molecule has 0 spiro atoms. The van der Waals surface area contributed by atoms with E-state index in [1.54, 1.807) is 6.20 Å². The van der Waals surface area contributed by atoms with Gasteiger partial charge in [0, 0.05) is 30.9 Å². The van der Waals surface area contributed by atoms with E-state index in [1.165, 1.54) is 0 Å². The van der Waals surface area contributed by atoms with E-state index in [4.69, 9.17) is 0 Å². The number of aryl methyl sites for hydroxylation is 2. The number of rotatable bonds is 4. The summed E-state index contributed by atoms with van der Waals surface area (Å²) in [6.07, 6.45) is 7.25. The maximum Gasteiger partial charge on any atom is 0.270 e. The standard InChI is InChI=1S/C18H21N5O/c1-3-15-20-14-9-19-17-12(16(14)22(15)2)8-13(21-17)18(24)23(10-4-5-10)11-6-7-11/h8-11H,3-7H2,1-2H3,(H,19,21). The van der Waals surface area contributed by atoms with E-state index in [1.807, 2.05) is 13.1 Å². The van der Waals surface area contributed by atoms with Crippen LogP contribution in [0.5, 0.6) is 0 Å². The van der Waals surface area contributed by atoms with Crippen molar-refractivity contribution in [2.24, 2.45) is 7.05 Å². The van der Waals surface area contributed by atoms with E-state index >= 15 is 0 Å². The van der Waals surface area contributed by atoms with Gasteiger partial charge in [0.05, 0.1) is 11.7 Å². The van der Waals surface area contributed by atoms with Crippen LogP contribution in [-0.2, 0) is 13.5 Å². The maximum atomic E-state index is 13.0. The quantitative estimate of drug-likeness (QED) is 0.803. The third-order valence-electron chi connectivity index (χ3n) is 5.24. The zero-order chi connectivity index (χ0) is 16.4. The van der Waals surface area contributed by atoms with Crippen molar-refractivity contribution in [1.29, 1.82) is 0 Å². The summed E-state index contributed by atoms with van der Waals surface area (Å²) in [5.41, 5.74) is 3.36. The molecule has 2 aliphatic rings. The Balaban J connectivity index is 1.63. The molecular weight excluding hydrogens is 302 g/mol. The van der Waals surface area contributed by atoms with Gasteiger partial charge in [-0.15, -0.1) is 0 Å². The van der Waals surface area contributed by atoms with Crippen molar-refractivity contribution in [2.75, 3.05) is 0 Å². The molecule has 6 heteroatoms. The number of fused-ring (bicyclic) bond motifs is 3. The molecule has 0 unspecified atom stereocenters. The number of imidazole rings is 1. The predicted octanol–water partition coefficient (Wildman–Crippen LogP) is 2.78. The Hall–Kier alpha value is -2.37. The zero-order valence-corrected chi connectivity index (χ0v) is 14.0. The molecule has 0 aromatic carbocycles. The summed E-state index contributed by atoms with van der Waals surface area (Å²) >= 11 is 0. The van der Waals surface area contributed by atoms with E-state index in [0.29, 0.717) is 17.8 Å². The van der Waals surface area contributed by atoms with Gasteiger partial charge in [0.1, 0.15) is 22.7 Å². The summed E-state index contributed by atoms with van der Waals surface area (Å²) < 4.78 is 2.11. The number of pyridine rings is 1. The number of carbonyl (C=O) groups excluding carboxylic acids is 1. The Kier molecular flexibility index (Phi) is 2.81. The minimum absolute atomic E-state index is 0.129. The first-order chi connectivity index (χ1) is 11.7. The molecule has 3 aromatic heterocycles. The molecule has 2 aliphatic carbocycles. The molecule has 2 fully saturated rings. The Bertz CT molecular complexity index is 949. The Labute approximate surface area is 139 Å². The molecule has 3 heterocycles. The lowest BCUT2D eigenvalue weighted by atomic mass is 10.2. The van der Waals surface area contributed by atoms with Gasteiger partial charge in [-0.25, -0.2) is 9.97 Å². The normalized spacial score (nSPS) is 17.8. The van der Waals surface area contributed by atoms with E-state index in [0.717, 1.165) is 60.0 Å². The third kappa shape index (κ3) is 1.98. The second kappa shape index (κ2) is 4.82. The van der Waals surface area contributed by atoms with Crippen LogP contribution in [0, 0.1) is 0 Å². The van der Waals surface area contributed by atoms with Crippen LogP contribution < -0.4 is 0 Å². The smallest absolute Gasteiger partial charge is 0.270 e. The number of nitrogens with one attached hydrogen (secondary N) is 1. The molecule has 124 valence electrons. The Morgan fingerprint density at radius 1 is 1.33 bits per heavy atom. The number of hydrogen-bond donors (Lipinski definition) is 1. The van der Waals surface area contributed by atoms with E-state index in [-0.39, 0.29) is 5.91 Å². The lowest BCUT2D eigenvalue weighted by Gasteiger charge is -2.21. The SMILES string of the molecule is CCc1nc2cnc3[nH]c(C(=O)N(C4CC4)C4CC4)cc3c2n1C. The predicted molar refractivity (Wildman–Crippen MR) is 92.0 cm³/mol. The highest BCUT2D eigenvalue weighted by Gasteiger charge is 2.42. The zero-order valence-electron chi connectivity index (χ0n) is 14.0. The van der Waals surface area contributed by atoms with Gasteiger partial charge in [0.2, 0.25) is 0 Å². The van der Waals surface area contributed by atoms with E-state index in [2.05, 4.69) is 31.3 Å². The van der Waals surface area contributed by atoms with Gasteiger partial charge >= 0.3 is 0 Å². The Morgan fingerprint density at radius 3 is 2.67 bits per heavy atom. The number of H-pyrrole nitrogens is 1.